The number of hydrogen-bond donors (Lipinski definition) is 0. The van der Waals surface area contributed by atoms with E-state index in [0.717, 1.165) is 55.7 Å². The molecule has 2 aromatic heterocycles. The first-order chi connectivity index (χ1) is 15.7. The van der Waals surface area contributed by atoms with Crippen LogP contribution >= 0.6 is 0 Å². The number of rotatable bonds is 5. The van der Waals surface area contributed by atoms with E-state index in [-0.39, 0.29) is 17.9 Å². The molecule has 0 aliphatic carbocycles. The standard InChI is InChI=1S/C22H28N6O4/c1-30-22-23-10-16(11-24-22)27-7-3-19-18(13-27)20(26-14-25-19)32-17-2-6-28(12-17)21(29)15-4-8-31-9-5-15/h10-11,14-15,17H,2-9,12-13H2,1H3. The maximum atomic E-state index is 12.8. The van der Waals surface area contributed by atoms with Gasteiger partial charge in [-0.05, 0) is 12.8 Å². The summed E-state index contributed by atoms with van der Waals surface area (Å²) in [5.41, 5.74) is 2.91. The minimum absolute atomic E-state index is 0.0579. The minimum atomic E-state index is -0.0579. The summed E-state index contributed by atoms with van der Waals surface area (Å²) < 4.78 is 16.8. The van der Waals surface area contributed by atoms with Crippen LogP contribution in [-0.4, -0.2) is 76.8 Å². The first-order valence-electron chi connectivity index (χ1n) is 11.2. The summed E-state index contributed by atoms with van der Waals surface area (Å²) in [6, 6.07) is 0.347. The number of likely N-dealkylation sites (tertiary alicyclic amines) is 1. The second kappa shape index (κ2) is 9.23. The molecule has 2 saturated heterocycles. The van der Waals surface area contributed by atoms with E-state index in [0.29, 0.717) is 38.2 Å². The van der Waals surface area contributed by atoms with Crippen molar-refractivity contribution in [2.75, 3.05) is 44.9 Å². The molecule has 0 spiro atoms. The fourth-order valence-electron chi connectivity index (χ4n) is 4.60. The molecule has 10 heteroatoms. The Morgan fingerprint density at radius 1 is 1.09 bits per heavy atom. The number of hydrogen-bond acceptors (Lipinski definition) is 9. The molecule has 0 aromatic carbocycles. The largest absolute Gasteiger partial charge is 0.472 e. The van der Waals surface area contributed by atoms with Gasteiger partial charge >= 0.3 is 6.01 Å². The fourth-order valence-corrected chi connectivity index (χ4v) is 4.60. The first-order valence-corrected chi connectivity index (χ1v) is 11.2. The second-order valence-electron chi connectivity index (χ2n) is 8.40. The zero-order valence-electron chi connectivity index (χ0n) is 18.3. The van der Waals surface area contributed by atoms with Gasteiger partial charge in [0.1, 0.15) is 12.4 Å². The van der Waals surface area contributed by atoms with Gasteiger partial charge in [0.05, 0.1) is 49.5 Å². The average molecular weight is 441 g/mol. The number of carbonyl (C=O) groups is 1. The van der Waals surface area contributed by atoms with Crippen LogP contribution in [0.4, 0.5) is 5.69 Å². The summed E-state index contributed by atoms with van der Waals surface area (Å²) in [7, 11) is 1.55. The molecule has 1 unspecified atom stereocenters. The van der Waals surface area contributed by atoms with Gasteiger partial charge in [-0.3, -0.25) is 4.79 Å². The van der Waals surface area contributed by atoms with Gasteiger partial charge in [-0.1, -0.05) is 0 Å². The van der Waals surface area contributed by atoms with Gasteiger partial charge in [0.2, 0.25) is 11.8 Å². The molecule has 2 aromatic rings. The van der Waals surface area contributed by atoms with E-state index in [1.165, 1.54) is 0 Å². The third-order valence-corrected chi connectivity index (χ3v) is 6.43. The SMILES string of the molecule is COc1ncc(N2CCc3ncnc(OC4CCN(C(=O)C5CCOCC5)C4)c3C2)cn1. The maximum absolute atomic E-state index is 12.8. The van der Waals surface area contributed by atoms with E-state index < -0.39 is 0 Å². The lowest BCUT2D eigenvalue weighted by molar-refractivity contribution is -0.137. The van der Waals surface area contributed by atoms with Crippen molar-refractivity contribution in [3.8, 4) is 11.9 Å². The Balaban J connectivity index is 1.25. The smallest absolute Gasteiger partial charge is 0.316 e. The lowest BCUT2D eigenvalue weighted by atomic mass is 9.99. The Morgan fingerprint density at radius 2 is 1.91 bits per heavy atom. The minimum Gasteiger partial charge on any atom is -0.472 e. The van der Waals surface area contributed by atoms with Crippen LogP contribution < -0.4 is 14.4 Å². The summed E-state index contributed by atoms with van der Waals surface area (Å²) in [6.45, 7) is 4.11. The molecule has 0 bridgehead atoms. The first kappa shape index (κ1) is 20.9. The van der Waals surface area contributed by atoms with Crippen molar-refractivity contribution in [1.29, 1.82) is 0 Å². The summed E-state index contributed by atoms with van der Waals surface area (Å²) in [6.07, 6.45) is 8.26. The van der Waals surface area contributed by atoms with Crippen LogP contribution in [0.1, 0.15) is 30.5 Å². The molecule has 32 heavy (non-hydrogen) atoms. The molecule has 10 nitrogen and oxygen atoms in total. The molecular weight excluding hydrogens is 412 g/mol. The van der Waals surface area contributed by atoms with Crippen LogP contribution in [0.5, 0.6) is 11.9 Å². The van der Waals surface area contributed by atoms with E-state index in [1.54, 1.807) is 25.8 Å². The third-order valence-electron chi connectivity index (χ3n) is 6.43. The summed E-state index contributed by atoms with van der Waals surface area (Å²) in [4.78, 5) is 34.3. The molecule has 0 saturated carbocycles. The average Bonchev–Trinajstić information content (AvgIpc) is 3.32. The van der Waals surface area contributed by atoms with Crippen molar-refractivity contribution in [1.82, 2.24) is 24.8 Å². The Kier molecular flexibility index (Phi) is 6.02. The highest BCUT2D eigenvalue weighted by Crippen LogP contribution is 2.30. The van der Waals surface area contributed by atoms with Crippen LogP contribution in [0, 0.1) is 5.92 Å². The van der Waals surface area contributed by atoms with Crippen LogP contribution in [-0.2, 0) is 22.5 Å². The summed E-state index contributed by atoms with van der Waals surface area (Å²) in [5, 5.41) is 0. The molecule has 1 amide bonds. The zero-order valence-corrected chi connectivity index (χ0v) is 18.3. The van der Waals surface area contributed by atoms with Gasteiger partial charge in [-0.2, -0.15) is 0 Å². The highest BCUT2D eigenvalue weighted by molar-refractivity contribution is 5.79. The van der Waals surface area contributed by atoms with E-state index in [9.17, 15) is 4.79 Å². The number of carbonyl (C=O) groups excluding carboxylic acids is 1. The molecule has 3 aliphatic heterocycles. The monoisotopic (exact) mass is 440 g/mol. The van der Waals surface area contributed by atoms with Gasteiger partial charge in [0, 0.05) is 45.1 Å². The topological polar surface area (TPSA) is 103 Å². The number of fused-ring (bicyclic) bond motifs is 1. The second-order valence-corrected chi connectivity index (χ2v) is 8.40. The number of amides is 1. The van der Waals surface area contributed by atoms with Crippen molar-refractivity contribution >= 4 is 11.6 Å². The van der Waals surface area contributed by atoms with E-state index >= 15 is 0 Å². The van der Waals surface area contributed by atoms with Crippen molar-refractivity contribution in [3.63, 3.8) is 0 Å². The van der Waals surface area contributed by atoms with Crippen molar-refractivity contribution < 1.29 is 19.0 Å². The van der Waals surface area contributed by atoms with Crippen molar-refractivity contribution in [3.05, 3.63) is 30.0 Å². The Bertz CT molecular complexity index is 950. The molecule has 0 radical (unpaired) electrons. The van der Waals surface area contributed by atoms with Crippen LogP contribution in [0.25, 0.3) is 0 Å². The molecule has 2 fully saturated rings. The zero-order chi connectivity index (χ0) is 21.9. The highest BCUT2D eigenvalue weighted by Gasteiger charge is 2.33. The fraction of sp³-hybridized carbons (Fsp3) is 0.591. The van der Waals surface area contributed by atoms with Crippen LogP contribution in [0.2, 0.25) is 0 Å². The molecule has 5 rings (SSSR count). The van der Waals surface area contributed by atoms with E-state index in [1.807, 2.05) is 4.90 Å². The lowest BCUT2D eigenvalue weighted by Crippen LogP contribution is -2.38. The molecule has 1 atom stereocenters. The predicted molar refractivity (Wildman–Crippen MR) is 115 cm³/mol. The summed E-state index contributed by atoms with van der Waals surface area (Å²) in [5.74, 6) is 0.920. The van der Waals surface area contributed by atoms with Gasteiger partial charge in [0.15, 0.2) is 0 Å². The lowest BCUT2D eigenvalue weighted by Gasteiger charge is -2.30. The Morgan fingerprint density at radius 3 is 2.69 bits per heavy atom. The Labute approximate surface area is 186 Å². The normalized spacial score (nSPS) is 21.3. The summed E-state index contributed by atoms with van der Waals surface area (Å²) >= 11 is 0. The van der Waals surface area contributed by atoms with Gasteiger partial charge < -0.3 is 24.0 Å². The number of methoxy groups -OCH3 is 1. The van der Waals surface area contributed by atoms with E-state index in [4.69, 9.17) is 14.2 Å². The number of aromatic nitrogens is 4. The van der Waals surface area contributed by atoms with Crippen LogP contribution in [0.15, 0.2) is 18.7 Å². The molecular formula is C22H28N6O4. The van der Waals surface area contributed by atoms with Crippen molar-refractivity contribution in [2.24, 2.45) is 5.92 Å². The van der Waals surface area contributed by atoms with Gasteiger partial charge in [-0.15, -0.1) is 0 Å². The number of ether oxygens (including phenoxy) is 3. The predicted octanol–water partition coefficient (Wildman–Crippen LogP) is 1.24. The third kappa shape index (κ3) is 4.32. The number of nitrogens with zero attached hydrogens (tertiary/aromatic N) is 6. The van der Waals surface area contributed by atoms with Crippen molar-refractivity contribution in [2.45, 2.75) is 38.3 Å². The van der Waals surface area contributed by atoms with Gasteiger partial charge in [0.25, 0.3) is 0 Å². The van der Waals surface area contributed by atoms with Gasteiger partial charge in [-0.25, -0.2) is 19.9 Å². The quantitative estimate of drug-likeness (QED) is 0.679. The molecule has 5 heterocycles. The molecule has 0 N–H and O–H groups in total. The molecule has 170 valence electrons. The van der Waals surface area contributed by atoms with E-state index in [2.05, 4.69) is 24.8 Å². The Hall–Kier alpha value is -3.01. The maximum Gasteiger partial charge on any atom is 0.316 e. The number of anilines is 1. The van der Waals surface area contributed by atoms with Crippen LogP contribution in [0.3, 0.4) is 0 Å². The molecule has 3 aliphatic rings. The highest BCUT2D eigenvalue weighted by atomic mass is 16.5.